The smallest absolute Gasteiger partial charge is 0.293 e. The number of carbonyl (C=O) groups is 3. The van der Waals surface area contributed by atoms with Crippen molar-refractivity contribution in [2.45, 2.75) is 32.7 Å². The van der Waals surface area contributed by atoms with E-state index in [9.17, 15) is 24.0 Å². The third-order valence-electron chi connectivity index (χ3n) is 12.1. The average Bonchev–Trinajstić information content (AvgIpc) is 3.34. The molecule has 2 fully saturated rings. The first kappa shape index (κ1) is 48.1. The molecule has 2 aliphatic heterocycles. The maximum absolute atomic E-state index is 13.4. The molecule has 0 spiro atoms. The van der Waals surface area contributed by atoms with E-state index in [2.05, 4.69) is 43.1 Å². The lowest BCUT2D eigenvalue weighted by Crippen LogP contribution is -2.46. The maximum atomic E-state index is 13.4. The summed E-state index contributed by atoms with van der Waals surface area (Å²) in [5.74, 6) is 1.49. The molecule has 0 aliphatic carbocycles. The van der Waals surface area contributed by atoms with Gasteiger partial charge in [0.05, 0.1) is 45.1 Å². The van der Waals surface area contributed by atoms with Crippen LogP contribution < -0.4 is 51.7 Å². The van der Waals surface area contributed by atoms with Crippen molar-refractivity contribution in [2.24, 2.45) is 20.0 Å². The van der Waals surface area contributed by atoms with E-state index in [4.69, 9.17) is 37.7 Å². The molecule has 0 bridgehead atoms. The number of aryl methyl sites for hydroxylation is 2. The fourth-order valence-electron chi connectivity index (χ4n) is 8.08. The van der Waals surface area contributed by atoms with E-state index >= 15 is 0 Å². The Morgan fingerprint density at radius 2 is 1.38 bits per heavy atom. The SMILES string of the molecule is CCC1CCN(c2cc(CNC(=O)COc3cc4cc(Nc5nc(N6CCN(I)C(=O)C6)ncc5Cl)ccc4n(C)c3=O)c(Cl)c(Nc3ccc4c(c3)cc(OCC(=O)NC)c(=O)n4C)n2)CC1. The first-order chi connectivity index (χ1) is 32.7. The molecule has 6 heterocycles. The lowest BCUT2D eigenvalue weighted by Gasteiger charge is -2.33. The molecule has 22 heteroatoms. The third kappa shape index (κ3) is 10.7. The van der Waals surface area contributed by atoms with Gasteiger partial charge in [-0.3, -0.25) is 27.1 Å². The van der Waals surface area contributed by atoms with Crippen LogP contribution in [-0.4, -0.2) is 97.9 Å². The lowest BCUT2D eigenvalue weighted by atomic mass is 9.94. The molecule has 0 atom stereocenters. The highest BCUT2D eigenvalue weighted by Crippen LogP contribution is 2.34. The number of piperidine rings is 1. The van der Waals surface area contributed by atoms with Gasteiger partial charge in [0.25, 0.3) is 28.8 Å². The van der Waals surface area contributed by atoms with Gasteiger partial charge in [-0.2, -0.15) is 4.98 Å². The monoisotopic (exact) mass is 1080 g/mol. The number of aromatic nitrogens is 5. The zero-order chi connectivity index (χ0) is 48.2. The number of pyridine rings is 3. The number of carbonyl (C=O) groups excluding carboxylic acids is 3. The molecule has 356 valence electrons. The van der Waals surface area contributed by atoms with E-state index < -0.39 is 18.1 Å². The number of nitrogens with one attached hydrogen (secondary N) is 4. The molecule has 4 N–H and O–H groups in total. The van der Waals surface area contributed by atoms with Crippen LogP contribution in [0.2, 0.25) is 10.0 Å². The molecule has 19 nitrogen and oxygen atoms in total. The van der Waals surface area contributed by atoms with Gasteiger partial charge in [-0.25, -0.2) is 9.97 Å². The Kier molecular flexibility index (Phi) is 14.7. The number of ether oxygens (including phenoxy) is 2. The first-order valence-electron chi connectivity index (χ1n) is 21.9. The Morgan fingerprint density at radius 3 is 1.97 bits per heavy atom. The van der Waals surface area contributed by atoms with Crippen LogP contribution in [0.3, 0.4) is 0 Å². The minimum absolute atomic E-state index is 0.0273. The van der Waals surface area contributed by atoms with E-state index in [1.165, 1.54) is 22.4 Å². The highest BCUT2D eigenvalue weighted by Gasteiger charge is 2.26. The number of halogens is 3. The van der Waals surface area contributed by atoms with Crippen molar-refractivity contribution in [3.8, 4) is 11.5 Å². The summed E-state index contributed by atoms with van der Waals surface area (Å²) in [4.78, 5) is 81.9. The molecule has 2 aliphatic rings. The number of benzene rings is 2. The third-order valence-corrected chi connectivity index (χ3v) is 13.8. The van der Waals surface area contributed by atoms with E-state index in [1.54, 1.807) is 64.6 Å². The van der Waals surface area contributed by atoms with Gasteiger partial charge < -0.3 is 49.7 Å². The minimum Gasteiger partial charge on any atom is -0.478 e. The molecule has 4 aromatic heterocycles. The predicted octanol–water partition coefficient (Wildman–Crippen LogP) is 5.81. The fraction of sp³-hybridized carbons (Fsp3) is 0.348. The van der Waals surface area contributed by atoms with Crippen molar-refractivity contribution in [3.63, 3.8) is 0 Å². The molecular weight excluding hydrogens is 1030 g/mol. The summed E-state index contributed by atoms with van der Waals surface area (Å²) < 4.78 is 15.9. The summed E-state index contributed by atoms with van der Waals surface area (Å²) in [5.41, 5.74) is 2.31. The highest BCUT2D eigenvalue weighted by molar-refractivity contribution is 14.1. The summed E-state index contributed by atoms with van der Waals surface area (Å²) in [5, 5.41) is 13.8. The van der Waals surface area contributed by atoms with Gasteiger partial charge in [0.2, 0.25) is 5.95 Å². The van der Waals surface area contributed by atoms with Crippen LogP contribution in [0.1, 0.15) is 31.7 Å². The van der Waals surface area contributed by atoms with Crippen LogP contribution in [0.4, 0.5) is 34.8 Å². The Bertz CT molecular complexity index is 3050. The summed E-state index contributed by atoms with van der Waals surface area (Å²) in [6, 6.07) is 15.8. The quantitative estimate of drug-likeness (QED) is 0.0707. The Morgan fingerprint density at radius 1 is 0.779 bits per heavy atom. The molecule has 8 rings (SSSR count). The second-order valence-electron chi connectivity index (χ2n) is 16.5. The summed E-state index contributed by atoms with van der Waals surface area (Å²) in [6.07, 6.45) is 4.62. The number of likely N-dealkylation sites (N-methyl/N-ethyl adjacent to an activating group) is 1. The van der Waals surface area contributed by atoms with Crippen molar-refractivity contribution < 1.29 is 23.9 Å². The minimum atomic E-state index is -0.486. The number of amides is 3. The fourth-order valence-corrected chi connectivity index (χ4v) is 8.80. The second kappa shape index (κ2) is 20.9. The van der Waals surface area contributed by atoms with E-state index in [1.807, 2.05) is 35.0 Å². The van der Waals surface area contributed by atoms with Gasteiger partial charge in [0.15, 0.2) is 36.3 Å². The molecule has 6 aromatic rings. The molecule has 0 saturated carbocycles. The molecule has 3 amide bonds. The van der Waals surface area contributed by atoms with E-state index in [-0.39, 0.29) is 58.6 Å². The Hall–Kier alpha value is -6.39. The van der Waals surface area contributed by atoms with Crippen LogP contribution in [0.15, 0.2) is 70.4 Å². The zero-order valence-electron chi connectivity index (χ0n) is 37.7. The summed E-state index contributed by atoms with van der Waals surface area (Å²) in [7, 11) is 4.74. The van der Waals surface area contributed by atoms with Gasteiger partial charge in [-0.05, 0) is 78.9 Å². The van der Waals surface area contributed by atoms with Gasteiger partial charge in [0.1, 0.15) is 17.4 Å². The number of rotatable bonds is 15. The standard InChI is InChI=1S/C46H49Cl2IN12O7/c1-5-26-10-12-59(13-11-26)37-20-29(41(48)43(55-37)54-31-7-9-34-28(17-31)18-35(44(65)57(34)3)67-24-38(62)50-2)21-51-39(63)25-68-36-19-27-16-30(6-8-33(27)58(4)45(36)66)53-42-32(47)22-52-46(56-42)60-14-15-61(49)40(64)23-60/h6-9,16-20,22,26H,5,10-15,21,23-25H2,1-4H3,(H,50,62)(H,51,63)(H,54,55)(H,52,53,56). The molecular formula is C46H49Cl2IN12O7. The molecule has 2 aromatic carbocycles. The van der Waals surface area contributed by atoms with Gasteiger partial charge in [-0.1, -0.05) is 36.5 Å². The van der Waals surface area contributed by atoms with Crippen molar-refractivity contribution in [1.82, 2.24) is 37.8 Å². The Labute approximate surface area is 414 Å². The molecule has 68 heavy (non-hydrogen) atoms. The normalized spacial score (nSPS) is 14.3. The van der Waals surface area contributed by atoms with Crippen molar-refractivity contribution >= 4 is 120 Å². The number of hydrogen-bond acceptors (Lipinski definition) is 14. The van der Waals surface area contributed by atoms with Crippen LogP contribution in [0, 0.1) is 5.92 Å². The highest BCUT2D eigenvalue weighted by atomic mass is 127. The van der Waals surface area contributed by atoms with Crippen LogP contribution in [-0.2, 0) is 35.0 Å². The Balaban J connectivity index is 0.982. The van der Waals surface area contributed by atoms with E-state index in [0.717, 1.165) is 32.4 Å². The predicted molar refractivity (Wildman–Crippen MR) is 271 cm³/mol. The van der Waals surface area contributed by atoms with Crippen LogP contribution >= 0.6 is 46.1 Å². The average molecular weight is 1080 g/mol. The van der Waals surface area contributed by atoms with Crippen molar-refractivity contribution in [2.75, 3.05) is 73.4 Å². The summed E-state index contributed by atoms with van der Waals surface area (Å²) >= 11 is 15.5. The first-order valence-corrected chi connectivity index (χ1v) is 23.6. The number of hydrogen-bond donors (Lipinski definition) is 4. The lowest BCUT2D eigenvalue weighted by molar-refractivity contribution is -0.125. The molecule has 0 unspecified atom stereocenters. The maximum Gasteiger partial charge on any atom is 0.293 e. The van der Waals surface area contributed by atoms with Crippen molar-refractivity contribution in [1.29, 1.82) is 0 Å². The number of anilines is 6. The molecule has 2 saturated heterocycles. The van der Waals surface area contributed by atoms with E-state index in [0.29, 0.717) is 81.2 Å². The largest absolute Gasteiger partial charge is 0.478 e. The van der Waals surface area contributed by atoms with Crippen molar-refractivity contribution in [3.05, 3.63) is 97.1 Å². The number of piperazine rings is 1. The zero-order valence-corrected chi connectivity index (χ0v) is 41.4. The second-order valence-corrected chi connectivity index (χ2v) is 18.4. The van der Waals surface area contributed by atoms with Crippen LogP contribution in [0.5, 0.6) is 11.5 Å². The van der Waals surface area contributed by atoms with Crippen LogP contribution in [0.25, 0.3) is 21.8 Å². The molecule has 0 radical (unpaired) electrons. The number of nitrogens with zero attached hydrogens (tertiary/aromatic N) is 8. The van der Waals surface area contributed by atoms with Gasteiger partial charge in [-0.15, -0.1) is 0 Å². The van der Waals surface area contributed by atoms with Gasteiger partial charge >= 0.3 is 0 Å². The summed E-state index contributed by atoms with van der Waals surface area (Å²) in [6.45, 7) is 4.33. The topological polar surface area (TPSA) is 210 Å². The number of fused-ring (bicyclic) bond motifs is 2. The van der Waals surface area contributed by atoms with Gasteiger partial charge in [0, 0.05) is 76.0 Å².